The van der Waals surface area contributed by atoms with Gasteiger partial charge in [0, 0.05) is 17.6 Å². The third-order valence-electron chi connectivity index (χ3n) is 7.04. The monoisotopic (exact) mass is 387 g/mol. The molecule has 0 unspecified atom stereocenters. The van der Waals surface area contributed by atoms with Gasteiger partial charge in [-0.15, -0.1) is 0 Å². The third kappa shape index (κ3) is 1.83. The molecule has 5 rings (SSSR count). The van der Waals surface area contributed by atoms with Gasteiger partial charge in [0.15, 0.2) is 0 Å². The predicted molar refractivity (Wildman–Crippen MR) is 100 cm³/mol. The maximum absolute atomic E-state index is 13.5. The zero-order valence-corrected chi connectivity index (χ0v) is 16.1. The number of hydrogen-bond acceptors (Lipinski definition) is 4. The first-order valence-corrected chi connectivity index (χ1v) is 10.1. The summed E-state index contributed by atoms with van der Waals surface area (Å²) in [5.41, 5.74) is 0.199. The topological polar surface area (TPSA) is 69.7 Å². The van der Waals surface area contributed by atoms with Crippen LogP contribution in [-0.2, 0) is 19.9 Å². The molecule has 0 aromatic heterocycles. The van der Waals surface area contributed by atoms with Crippen molar-refractivity contribution >= 4 is 35.0 Å². The molecule has 6 nitrogen and oxygen atoms in total. The first kappa shape index (κ1) is 17.2. The molecule has 7 heteroatoms. The number of benzene rings is 1. The fourth-order valence-corrected chi connectivity index (χ4v) is 6.06. The maximum atomic E-state index is 13.5. The third-order valence-corrected chi connectivity index (χ3v) is 7.36. The number of imide groups is 1. The largest absolute Gasteiger partial charge is 0.323 e. The Bertz CT molecular complexity index is 887. The van der Waals surface area contributed by atoms with Crippen molar-refractivity contribution in [2.75, 3.05) is 11.9 Å². The lowest BCUT2D eigenvalue weighted by molar-refractivity contribution is -0.147. The van der Waals surface area contributed by atoms with Gasteiger partial charge in [-0.25, -0.2) is 0 Å². The highest BCUT2D eigenvalue weighted by atomic mass is 35.5. The molecule has 27 heavy (non-hydrogen) atoms. The minimum atomic E-state index is -1.12. The Kier molecular flexibility index (Phi) is 3.53. The SMILES string of the molecule is CC[C@@H](C)N1C(=O)[C@@H]2[C@H]3CCCN3[C@]3(C(=O)Nc4c(Cl)cccc43)[C@@H]2C1=O. The van der Waals surface area contributed by atoms with Crippen LogP contribution in [0, 0.1) is 11.8 Å². The van der Waals surface area contributed by atoms with E-state index in [9.17, 15) is 14.4 Å². The van der Waals surface area contributed by atoms with Crippen LogP contribution in [0.15, 0.2) is 18.2 Å². The van der Waals surface area contributed by atoms with E-state index in [1.165, 1.54) is 4.90 Å². The molecule has 1 N–H and O–H groups in total. The number of hydrogen-bond donors (Lipinski definition) is 1. The van der Waals surface area contributed by atoms with E-state index in [1.807, 2.05) is 26.0 Å². The lowest BCUT2D eigenvalue weighted by atomic mass is 9.75. The number of fused-ring (bicyclic) bond motifs is 7. The van der Waals surface area contributed by atoms with Crippen molar-refractivity contribution in [2.45, 2.75) is 50.7 Å². The molecule has 1 aromatic rings. The first-order chi connectivity index (χ1) is 12.9. The Morgan fingerprint density at radius 1 is 1.30 bits per heavy atom. The number of para-hydroxylation sites is 1. The zero-order valence-electron chi connectivity index (χ0n) is 15.4. The lowest BCUT2D eigenvalue weighted by Gasteiger charge is -2.37. The van der Waals surface area contributed by atoms with E-state index >= 15 is 0 Å². The van der Waals surface area contributed by atoms with E-state index in [0.717, 1.165) is 18.4 Å². The van der Waals surface area contributed by atoms with Crippen LogP contribution in [0.5, 0.6) is 0 Å². The van der Waals surface area contributed by atoms with Gasteiger partial charge in [0.25, 0.3) is 5.91 Å². The predicted octanol–water partition coefficient (Wildman–Crippen LogP) is 2.37. The number of rotatable bonds is 2. The van der Waals surface area contributed by atoms with Gasteiger partial charge >= 0.3 is 0 Å². The van der Waals surface area contributed by atoms with E-state index in [0.29, 0.717) is 23.7 Å². The Balaban J connectivity index is 1.74. The van der Waals surface area contributed by atoms with Crippen molar-refractivity contribution in [1.29, 1.82) is 0 Å². The van der Waals surface area contributed by atoms with Gasteiger partial charge < -0.3 is 5.32 Å². The van der Waals surface area contributed by atoms with Crippen molar-refractivity contribution in [3.05, 3.63) is 28.8 Å². The minimum Gasteiger partial charge on any atom is -0.323 e. The van der Waals surface area contributed by atoms with Gasteiger partial charge in [0.1, 0.15) is 5.54 Å². The highest BCUT2D eigenvalue weighted by molar-refractivity contribution is 6.35. The second-order valence-electron chi connectivity index (χ2n) is 8.09. The average molecular weight is 388 g/mol. The molecule has 0 aliphatic carbocycles. The summed E-state index contributed by atoms with van der Waals surface area (Å²) in [5, 5.41) is 3.39. The molecule has 3 fully saturated rings. The van der Waals surface area contributed by atoms with Crippen LogP contribution in [0.2, 0.25) is 5.02 Å². The molecule has 3 amide bonds. The number of anilines is 1. The fraction of sp³-hybridized carbons (Fsp3) is 0.550. The summed E-state index contributed by atoms with van der Waals surface area (Å²) in [4.78, 5) is 43.7. The van der Waals surface area contributed by atoms with Gasteiger partial charge in [-0.05, 0) is 38.8 Å². The van der Waals surface area contributed by atoms with Crippen molar-refractivity contribution in [3.63, 3.8) is 0 Å². The zero-order chi connectivity index (χ0) is 19.1. The number of amides is 3. The molecule has 1 aromatic carbocycles. The molecule has 1 spiro atoms. The smallest absolute Gasteiger partial charge is 0.250 e. The van der Waals surface area contributed by atoms with E-state index in [-0.39, 0.29) is 29.8 Å². The quantitative estimate of drug-likeness (QED) is 0.791. The molecule has 3 saturated heterocycles. The van der Waals surface area contributed by atoms with Crippen LogP contribution in [0.3, 0.4) is 0 Å². The lowest BCUT2D eigenvalue weighted by Crippen LogP contribution is -2.54. The van der Waals surface area contributed by atoms with Crippen molar-refractivity contribution in [1.82, 2.24) is 9.80 Å². The summed E-state index contributed by atoms with van der Waals surface area (Å²) < 4.78 is 0. The minimum absolute atomic E-state index is 0.0730. The number of likely N-dealkylation sites (tertiary alicyclic amines) is 1. The molecular formula is C20H22ClN3O3. The van der Waals surface area contributed by atoms with Crippen LogP contribution in [0.4, 0.5) is 5.69 Å². The highest BCUT2D eigenvalue weighted by Gasteiger charge is 2.74. The van der Waals surface area contributed by atoms with Crippen molar-refractivity contribution in [2.24, 2.45) is 11.8 Å². The van der Waals surface area contributed by atoms with Crippen LogP contribution in [0.25, 0.3) is 0 Å². The summed E-state index contributed by atoms with van der Waals surface area (Å²) in [5.74, 6) is -1.68. The van der Waals surface area contributed by atoms with Gasteiger partial charge in [-0.1, -0.05) is 30.7 Å². The number of nitrogens with one attached hydrogen (secondary N) is 1. The van der Waals surface area contributed by atoms with Gasteiger partial charge in [0.05, 0.1) is 22.5 Å². The fourth-order valence-electron chi connectivity index (χ4n) is 5.83. The number of carbonyl (C=O) groups excluding carboxylic acids is 3. The van der Waals surface area contributed by atoms with Crippen LogP contribution < -0.4 is 5.32 Å². The Morgan fingerprint density at radius 2 is 2.07 bits per heavy atom. The van der Waals surface area contributed by atoms with Crippen LogP contribution >= 0.6 is 11.6 Å². The van der Waals surface area contributed by atoms with Crippen molar-refractivity contribution in [3.8, 4) is 0 Å². The molecule has 4 heterocycles. The molecular weight excluding hydrogens is 366 g/mol. The van der Waals surface area contributed by atoms with E-state index in [1.54, 1.807) is 6.07 Å². The van der Waals surface area contributed by atoms with E-state index in [2.05, 4.69) is 10.2 Å². The second-order valence-corrected chi connectivity index (χ2v) is 8.50. The van der Waals surface area contributed by atoms with Gasteiger partial charge in [-0.3, -0.25) is 24.2 Å². The summed E-state index contributed by atoms with van der Waals surface area (Å²) >= 11 is 6.35. The first-order valence-electron chi connectivity index (χ1n) is 9.68. The van der Waals surface area contributed by atoms with Crippen LogP contribution in [-0.4, -0.2) is 46.1 Å². The Labute approximate surface area is 162 Å². The number of halogens is 1. The van der Waals surface area contributed by atoms with Crippen molar-refractivity contribution < 1.29 is 14.4 Å². The molecule has 4 aliphatic heterocycles. The van der Waals surface area contributed by atoms with Crippen LogP contribution in [0.1, 0.15) is 38.7 Å². The molecule has 0 saturated carbocycles. The second kappa shape index (κ2) is 5.55. The molecule has 0 radical (unpaired) electrons. The van der Waals surface area contributed by atoms with Gasteiger partial charge in [-0.2, -0.15) is 0 Å². The molecule has 5 atom stereocenters. The molecule has 142 valence electrons. The van der Waals surface area contributed by atoms with E-state index in [4.69, 9.17) is 11.6 Å². The summed E-state index contributed by atoms with van der Waals surface area (Å²) in [7, 11) is 0. The maximum Gasteiger partial charge on any atom is 0.250 e. The standard InChI is InChI=1S/C20H22ClN3O3/c1-3-10(2)24-17(25)14-13-8-5-9-23(13)20(15(14)18(24)26)11-6-4-7-12(21)16(11)22-19(20)27/h4,6-7,10,13-15H,3,5,8-9H2,1-2H3,(H,22,27)/t10-,13-,14-,15+,20+/m1/s1. The average Bonchev–Trinajstić information content (AvgIpc) is 3.34. The summed E-state index contributed by atoms with van der Waals surface area (Å²) in [6.45, 7) is 4.57. The van der Waals surface area contributed by atoms with E-state index < -0.39 is 17.4 Å². The highest BCUT2D eigenvalue weighted by Crippen LogP contribution is 2.61. The molecule has 0 bridgehead atoms. The summed E-state index contributed by atoms with van der Waals surface area (Å²) in [6.07, 6.45) is 2.45. The number of nitrogens with zero attached hydrogens (tertiary/aromatic N) is 2. The van der Waals surface area contributed by atoms with Gasteiger partial charge in [0.2, 0.25) is 11.8 Å². The summed E-state index contributed by atoms with van der Waals surface area (Å²) in [6, 6.07) is 5.19. The number of carbonyl (C=O) groups is 3. The normalized spacial score (nSPS) is 35.6. The Hall–Kier alpha value is -1.92. The Morgan fingerprint density at radius 3 is 2.81 bits per heavy atom. The molecule has 4 aliphatic rings.